The van der Waals surface area contributed by atoms with E-state index < -0.39 is 11.0 Å². The van der Waals surface area contributed by atoms with Crippen LogP contribution in [0.4, 0.5) is 5.69 Å². The van der Waals surface area contributed by atoms with Crippen LogP contribution in [0, 0.1) is 11.3 Å². The highest BCUT2D eigenvalue weighted by molar-refractivity contribution is 6.01. The second kappa shape index (κ2) is 17.9. The van der Waals surface area contributed by atoms with Crippen LogP contribution in [0.5, 0.6) is 0 Å². The first kappa shape index (κ1) is 39.7. The number of rotatable bonds is 18. The number of hydrogen-bond acceptors (Lipinski definition) is 7. The zero-order valence-corrected chi connectivity index (χ0v) is 31.9. The van der Waals surface area contributed by atoms with Crippen LogP contribution in [0.15, 0.2) is 48.5 Å². The van der Waals surface area contributed by atoms with Gasteiger partial charge in [0.25, 0.3) is 0 Å². The third-order valence-electron chi connectivity index (χ3n) is 9.46. The van der Waals surface area contributed by atoms with E-state index in [1.807, 2.05) is 87.8 Å². The molecule has 0 saturated carbocycles. The molecule has 1 atom stereocenters. The summed E-state index contributed by atoms with van der Waals surface area (Å²) in [7, 11) is 1.69. The smallest absolute Gasteiger partial charge is 0.227 e. The van der Waals surface area contributed by atoms with E-state index in [4.69, 9.17) is 9.47 Å². The van der Waals surface area contributed by atoms with Gasteiger partial charge in [-0.15, -0.1) is 5.10 Å². The first-order chi connectivity index (χ1) is 24.2. The molecule has 2 aromatic carbocycles. The minimum Gasteiger partial charge on any atom is -0.385 e. The second-order valence-electron chi connectivity index (χ2n) is 15.4. The fourth-order valence-corrected chi connectivity index (χ4v) is 6.45. The number of para-hydroxylation sites is 1. The highest BCUT2D eigenvalue weighted by Gasteiger charge is 2.31. The van der Waals surface area contributed by atoms with Crippen molar-refractivity contribution in [1.82, 2.24) is 25.6 Å². The maximum absolute atomic E-state index is 13.9. The van der Waals surface area contributed by atoms with Crippen molar-refractivity contribution in [1.29, 1.82) is 0 Å². The fourth-order valence-electron chi connectivity index (χ4n) is 6.45. The van der Waals surface area contributed by atoms with Gasteiger partial charge in [-0.3, -0.25) is 14.4 Å². The van der Waals surface area contributed by atoms with Gasteiger partial charge in [-0.1, -0.05) is 75.4 Å². The highest BCUT2D eigenvalue weighted by atomic mass is 16.5. The standard InChI is InChI=1S/C40H58N6O5/c1-28(2)26-29(3)42-38(49)39(4,5)21-25-51-40(6,7)20-22-41-34(47)18-19-35(48)45-27-30-14-9-10-15-31(30)37-36(32-16-11-12-17-33(32)45)43-44-46(37)23-13-24-50-8/h9-12,14-17,28-29H,13,18-27H2,1-8H3,(H,41,47)(H,42,49). The number of nitrogens with one attached hydrogen (secondary N) is 2. The summed E-state index contributed by atoms with van der Waals surface area (Å²) in [6, 6.07) is 15.9. The van der Waals surface area contributed by atoms with Crippen LogP contribution in [-0.2, 0) is 36.9 Å². The van der Waals surface area contributed by atoms with Crippen molar-refractivity contribution in [3.8, 4) is 22.5 Å². The van der Waals surface area contributed by atoms with E-state index in [0.29, 0.717) is 51.6 Å². The molecule has 0 saturated heterocycles. The van der Waals surface area contributed by atoms with Crippen molar-refractivity contribution in [2.24, 2.45) is 11.3 Å². The van der Waals surface area contributed by atoms with Crippen LogP contribution in [0.1, 0.15) is 92.6 Å². The number of hydrogen-bond donors (Lipinski definition) is 2. The van der Waals surface area contributed by atoms with Crippen molar-refractivity contribution in [3.05, 3.63) is 54.1 Å². The van der Waals surface area contributed by atoms with Gasteiger partial charge in [-0.2, -0.15) is 0 Å². The summed E-state index contributed by atoms with van der Waals surface area (Å²) in [6.07, 6.45) is 3.04. The molecule has 1 aliphatic rings. The number of benzene rings is 2. The molecule has 1 unspecified atom stereocenters. The molecule has 11 nitrogen and oxygen atoms in total. The Morgan fingerprint density at radius 2 is 1.63 bits per heavy atom. The average Bonchev–Trinajstić information content (AvgIpc) is 3.48. The van der Waals surface area contributed by atoms with E-state index in [9.17, 15) is 14.4 Å². The average molecular weight is 703 g/mol. The van der Waals surface area contributed by atoms with Gasteiger partial charge in [-0.25, -0.2) is 4.68 Å². The van der Waals surface area contributed by atoms with Gasteiger partial charge in [0.2, 0.25) is 17.7 Å². The van der Waals surface area contributed by atoms with Crippen molar-refractivity contribution in [2.45, 2.75) is 112 Å². The molecule has 1 aliphatic heterocycles. The van der Waals surface area contributed by atoms with E-state index in [1.165, 1.54) is 0 Å². The first-order valence-corrected chi connectivity index (χ1v) is 18.3. The lowest BCUT2D eigenvalue weighted by molar-refractivity contribution is -0.132. The summed E-state index contributed by atoms with van der Waals surface area (Å²) in [6.45, 7) is 16.7. The van der Waals surface area contributed by atoms with E-state index in [-0.39, 0.29) is 36.6 Å². The highest BCUT2D eigenvalue weighted by Crippen LogP contribution is 2.41. The van der Waals surface area contributed by atoms with E-state index >= 15 is 0 Å². The van der Waals surface area contributed by atoms with Crippen LogP contribution in [-0.4, -0.2) is 71.2 Å². The number of amides is 3. The molecule has 11 heteroatoms. The van der Waals surface area contributed by atoms with Gasteiger partial charge in [0.15, 0.2) is 0 Å². The Hall–Kier alpha value is -4.09. The molecule has 2 heterocycles. The molecule has 278 valence electrons. The Bertz CT molecular complexity index is 1630. The molecule has 51 heavy (non-hydrogen) atoms. The number of ether oxygens (including phenoxy) is 2. The minimum absolute atomic E-state index is 0.0357. The molecule has 0 radical (unpaired) electrons. The lowest BCUT2D eigenvalue weighted by atomic mass is 9.88. The molecule has 3 amide bonds. The zero-order chi connectivity index (χ0) is 37.2. The van der Waals surface area contributed by atoms with Crippen molar-refractivity contribution >= 4 is 23.4 Å². The summed E-state index contributed by atoms with van der Waals surface area (Å²) in [5, 5.41) is 15.2. The number of nitrogens with zero attached hydrogens (tertiary/aromatic N) is 4. The Morgan fingerprint density at radius 1 is 0.922 bits per heavy atom. The summed E-state index contributed by atoms with van der Waals surface area (Å²) in [4.78, 5) is 41.4. The molecule has 4 rings (SSSR count). The third kappa shape index (κ3) is 11.0. The van der Waals surface area contributed by atoms with Gasteiger partial charge in [0.1, 0.15) is 5.69 Å². The first-order valence-electron chi connectivity index (χ1n) is 18.3. The molecule has 0 fully saturated rings. The Labute approximate surface area is 303 Å². The Kier molecular flexibility index (Phi) is 13.9. The van der Waals surface area contributed by atoms with Gasteiger partial charge in [-0.05, 0) is 64.0 Å². The van der Waals surface area contributed by atoms with Gasteiger partial charge in [0.05, 0.1) is 23.5 Å². The molecule has 2 N–H and O–H groups in total. The van der Waals surface area contributed by atoms with Crippen molar-refractivity contribution in [2.75, 3.05) is 31.8 Å². The molecule has 0 aliphatic carbocycles. The van der Waals surface area contributed by atoms with E-state index in [0.717, 1.165) is 46.6 Å². The number of methoxy groups -OCH3 is 1. The lowest BCUT2D eigenvalue weighted by Gasteiger charge is -2.30. The number of aromatic nitrogens is 3. The Balaban J connectivity index is 1.32. The predicted octanol–water partition coefficient (Wildman–Crippen LogP) is 6.54. The van der Waals surface area contributed by atoms with Gasteiger partial charge in [0, 0.05) is 68.8 Å². The number of fused-ring (bicyclic) bond motifs is 5. The minimum atomic E-state index is -0.554. The van der Waals surface area contributed by atoms with Crippen LogP contribution in [0.2, 0.25) is 0 Å². The van der Waals surface area contributed by atoms with Crippen molar-refractivity contribution < 1.29 is 23.9 Å². The van der Waals surface area contributed by atoms with Gasteiger partial charge >= 0.3 is 0 Å². The summed E-state index contributed by atoms with van der Waals surface area (Å²) in [5.41, 5.74) is 4.12. The zero-order valence-electron chi connectivity index (χ0n) is 31.9. The van der Waals surface area contributed by atoms with Crippen molar-refractivity contribution in [3.63, 3.8) is 0 Å². The number of carbonyl (C=O) groups is 3. The van der Waals surface area contributed by atoms with E-state index in [1.54, 1.807) is 12.0 Å². The Morgan fingerprint density at radius 3 is 2.35 bits per heavy atom. The van der Waals surface area contributed by atoms with Crippen LogP contribution in [0.25, 0.3) is 22.5 Å². The van der Waals surface area contributed by atoms with Crippen LogP contribution in [0.3, 0.4) is 0 Å². The number of carbonyl (C=O) groups excluding carboxylic acids is 3. The molecular weight excluding hydrogens is 644 g/mol. The molecule has 1 aromatic heterocycles. The normalized spacial score (nSPS) is 13.5. The summed E-state index contributed by atoms with van der Waals surface area (Å²) in [5.74, 6) is 0.226. The number of anilines is 1. The van der Waals surface area contributed by atoms with Crippen LogP contribution >= 0.6 is 0 Å². The van der Waals surface area contributed by atoms with Gasteiger partial charge < -0.3 is 25.0 Å². The second-order valence-corrected chi connectivity index (χ2v) is 15.4. The maximum atomic E-state index is 13.9. The quantitative estimate of drug-likeness (QED) is 0.144. The molecular formula is C40H58N6O5. The van der Waals surface area contributed by atoms with Crippen LogP contribution < -0.4 is 15.5 Å². The number of aryl methyl sites for hydroxylation is 1. The SMILES string of the molecule is COCCCn1nnc2c1-c1ccccc1CN(C(=O)CCC(=O)NCCC(C)(C)OCCC(C)(C)C(=O)NC(C)CC(C)C)c1ccccc1-2. The topological polar surface area (TPSA) is 128 Å². The lowest BCUT2D eigenvalue weighted by Crippen LogP contribution is -2.43. The predicted molar refractivity (Wildman–Crippen MR) is 201 cm³/mol. The summed E-state index contributed by atoms with van der Waals surface area (Å²) < 4.78 is 13.4. The maximum Gasteiger partial charge on any atom is 0.227 e. The summed E-state index contributed by atoms with van der Waals surface area (Å²) >= 11 is 0. The fraction of sp³-hybridized carbons (Fsp3) is 0.575. The largest absolute Gasteiger partial charge is 0.385 e. The molecule has 3 aromatic rings. The molecule has 0 spiro atoms. The monoisotopic (exact) mass is 702 g/mol. The third-order valence-corrected chi connectivity index (χ3v) is 9.46. The van der Waals surface area contributed by atoms with E-state index in [2.05, 4.69) is 34.8 Å². The molecule has 0 bridgehead atoms.